The summed E-state index contributed by atoms with van der Waals surface area (Å²) in [5.74, 6) is 0.0486. The second-order valence-electron chi connectivity index (χ2n) is 13.2. The van der Waals surface area contributed by atoms with E-state index in [9.17, 15) is 9.59 Å². The van der Waals surface area contributed by atoms with Crippen molar-refractivity contribution in [1.29, 1.82) is 0 Å². The van der Waals surface area contributed by atoms with Gasteiger partial charge in [0.2, 0.25) is 11.8 Å². The Bertz CT molecular complexity index is 1540. The Kier molecular flexibility index (Phi) is 10.3. The van der Waals surface area contributed by atoms with Crippen LogP contribution in [0.1, 0.15) is 86.8 Å². The zero-order chi connectivity index (χ0) is 33.9. The number of alkyl carbamates (subject to hydrolysis) is 1. The molecule has 3 aromatic rings. The summed E-state index contributed by atoms with van der Waals surface area (Å²) in [6, 6.07) is 5.01. The number of rotatable bonds is 9. The maximum Gasteiger partial charge on any atom is 0.407 e. The molecule has 0 aliphatic carbocycles. The standard InChI is InChI=1S/C33H45FN8O5/c1-8-42(23-11-13-40(14-12-23)31-38-28(39-47-31)21(3)45-7)29(43)22-16-35-30(36-17-22)41-18-25(24-15-20(2)9-10-26(24)34)27(19-41)37-32(44)46-33(4,5)6/h9-10,15-17,21,23,25,27H,8,11-14,18-19H2,1-7H3,(H,37,44)/t21-,25+,27-/m0/s1. The Morgan fingerprint density at radius 2 is 1.85 bits per heavy atom. The van der Waals surface area contributed by atoms with Crippen LogP contribution in [0.2, 0.25) is 0 Å². The summed E-state index contributed by atoms with van der Waals surface area (Å²) >= 11 is 0. The highest BCUT2D eigenvalue weighted by atomic mass is 19.1. The molecule has 2 fully saturated rings. The highest BCUT2D eigenvalue weighted by molar-refractivity contribution is 5.94. The number of ether oxygens (including phenoxy) is 2. The molecule has 3 atom stereocenters. The molecule has 0 radical (unpaired) electrons. The molecule has 47 heavy (non-hydrogen) atoms. The molecule has 0 bridgehead atoms. The third kappa shape index (κ3) is 7.98. The topological polar surface area (TPSA) is 139 Å². The number of aryl methyl sites for hydroxylation is 1. The third-order valence-corrected chi connectivity index (χ3v) is 8.67. The molecule has 1 N–H and O–H groups in total. The average Bonchev–Trinajstić information content (AvgIpc) is 3.70. The Hall–Kier alpha value is -4.33. The SMILES string of the molecule is CCN(C(=O)c1cnc(N2C[C@H](NC(=O)OC(C)(C)C)[C@@H](c3cc(C)ccc3F)C2)nc1)C1CCN(c2nc([C@H](C)OC)no2)CC1. The van der Waals surface area contributed by atoms with E-state index in [0.29, 0.717) is 61.6 Å². The maximum absolute atomic E-state index is 15.0. The first-order chi connectivity index (χ1) is 22.4. The van der Waals surface area contributed by atoms with Crippen LogP contribution in [-0.2, 0) is 9.47 Å². The van der Waals surface area contributed by atoms with Crippen LogP contribution in [0.4, 0.5) is 21.1 Å². The van der Waals surface area contributed by atoms with E-state index in [1.165, 1.54) is 18.5 Å². The van der Waals surface area contributed by atoms with Crippen molar-refractivity contribution in [2.45, 2.75) is 84.1 Å². The molecule has 254 valence electrons. The van der Waals surface area contributed by atoms with Crippen molar-refractivity contribution < 1.29 is 28.0 Å². The van der Waals surface area contributed by atoms with E-state index in [1.54, 1.807) is 40.0 Å². The van der Waals surface area contributed by atoms with Gasteiger partial charge in [0.05, 0.1) is 11.6 Å². The number of aromatic nitrogens is 4. The molecule has 0 saturated carbocycles. The lowest BCUT2D eigenvalue weighted by Gasteiger charge is -2.37. The summed E-state index contributed by atoms with van der Waals surface area (Å²) in [5, 5.41) is 6.95. The molecule has 2 aliphatic heterocycles. The van der Waals surface area contributed by atoms with E-state index < -0.39 is 17.7 Å². The van der Waals surface area contributed by atoms with E-state index in [0.717, 1.165) is 18.4 Å². The number of benzene rings is 1. The number of anilines is 2. The Morgan fingerprint density at radius 3 is 2.49 bits per heavy atom. The van der Waals surface area contributed by atoms with Crippen LogP contribution in [0.25, 0.3) is 0 Å². The van der Waals surface area contributed by atoms with Crippen LogP contribution in [0, 0.1) is 12.7 Å². The van der Waals surface area contributed by atoms with Crippen molar-refractivity contribution in [2.75, 3.05) is 49.6 Å². The first kappa shape index (κ1) is 34.0. The molecule has 4 heterocycles. The van der Waals surface area contributed by atoms with E-state index >= 15 is 4.39 Å². The van der Waals surface area contributed by atoms with Crippen LogP contribution < -0.4 is 15.1 Å². The van der Waals surface area contributed by atoms with E-state index in [1.807, 2.05) is 35.5 Å². The van der Waals surface area contributed by atoms with E-state index in [-0.39, 0.29) is 29.8 Å². The van der Waals surface area contributed by atoms with Crippen molar-refractivity contribution in [2.24, 2.45) is 0 Å². The molecular weight excluding hydrogens is 607 g/mol. The number of amides is 2. The normalized spacial score (nSPS) is 19.5. The Balaban J connectivity index is 1.25. The number of hydrogen-bond acceptors (Lipinski definition) is 11. The van der Waals surface area contributed by atoms with Gasteiger partial charge in [-0.15, -0.1) is 0 Å². The molecule has 0 unspecified atom stereocenters. The van der Waals surface area contributed by atoms with Crippen LogP contribution >= 0.6 is 0 Å². The number of halogens is 1. The summed E-state index contributed by atoms with van der Waals surface area (Å²) in [6.45, 7) is 13.7. The highest BCUT2D eigenvalue weighted by Gasteiger charge is 2.38. The molecule has 2 aromatic heterocycles. The minimum absolute atomic E-state index is 0.0342. The Labute approximate surface area is 274 Å². The summed E-state index contributed by atoms with van der Waals surface area (Å²) < 4.78 is 31.2. The first-order valence-electron chi connectivity index (χ1n) is 16.1. The van der Waals surface area contributed by atoms with Crippen molar-refractivity contribution in [3.8, 4) is 0 Å². The van der Waals surface area contributed by atoms with Gasteiger partial charge in [0, 0.05) is 64.2 Å². The minimum Gasteiger partial charge on any atom is -0.444 e. The third-order valence-electron chi connectivity index (χ3n) is 8.67. The number of carbonyl (C=O) groups is 2. The second kappa shape index (κ2) is 14.2. The Morgan fingerprint density at radius 1 is 1.15 bits per heavy atom. The van der Waals surface area contributed by atoms with Gasteiger partial charge >= 0.3 is 12.1 Å². The molecule has 0 spiro atoms. The largest absolute Gasteiger partial charge is 0.444 e. The number of piperidine rings is 1. The van der Waals surface area contributed by atoms with Crippen LogP contribution in [0.3, 0.4) is 0 Å². The molecule has 2 saturated heterocycles. The summed E-state index contributed by atoms with van der Waals surface area (Å²) in [5.41, 5.74) is 1.13. The second-order valence-corrected chi connectivity index (χ2v) is 13.2. The fourth-order valence-corrected chi connectivity index (χ4v) is 6.16. The quantitative estimate of drug-likeness (QED) is 0.346. The van der Waals surface area contributed by atoms with Crippen molar-refractivity contribution in [1.82, 2.24) is 30.3 Å². The zero-order valence-corrected chi connectivity index (χ0v) is 28.2. The van der Waals surface area contributed by atoms with E-state index in [4.69, 9.17) is 14.0 Å². The molecule has 2 amide bonds. The van der Waals surface area contributed by atoms with Crippen LogP contribution in [-0.4, -0.2) is 94.5 Å². The van der Waals surface area contributed by atoms with Gasteiger partial charge in [-0.2, -0.15) is 4.98 Å². The van der Waals surface area contributed by atoms with Crippen LogP contribution in [0.5, 0.6) is 0 Å². The van der Waals surface area contributed by atoms with Crippen LogP contribution in [0.15, 0.2) is 35.1 Å². The van der Waals surface area contributed by atoms with Gasteiger partial charge in [-0.25, -0.2) is 19.2 Å². The molecular formula is C33H45FN8O5. The number of nitrogens with one attached hydrogen (secondary N) is 1. The zero-order valence-electron chi connectivity index (χ0n) is 28.2. The average molecular weight is 653 g/mol. The van der Waals surface area contributed by atoms with Gasteiger partial charge in [0.25, 0.3) is 5.91 Å². The predicted octanol–water partition coefficient (Wildman–Crippen LogP) is 4.64. The van der Waals surface area contributed by atoms with Crippen molar-refractivity contribution >= 4 is 24.0 Å². The molecule has 2 aliphatic rings. The lowest BCUT2D eigenvalue weighted by Crippen LogP contribution is -2.47. The number of hydrogen-bond donors (Lipinski definition) is 1. The van der Waals surface area contributed by atoms with Gasteiger partial charge in [-0.1, -0.05) is 22.9 Å². The fourth-order valence-electron chi connectivity index (χ4n) is 6.16. The molecule has 13 nitrogen and oxygen atoms in total. The lowest BCUT2D eigenvalue weighted by molar-refractivity contribution is 0.0504. The van der Waals surface area contributed by atoms with Gasteiger partial charge in [-0.3, -0.25) is 4.79 Å². The first-order valence-corrected chi connectivity index (χ1v) is 16.1. The number of methoxy groups -OCH3 is 1. The minimum atomic E-state index is -0.678. The maximum atomic E-state index is 15.0. The van der Waals surface area contributed by atoms with Gasteiger partial charge in [0.15, 0.2) is 0 Å². The van der Waals surface area contributed by atoms with E-state index in [2.05, 4.69) is 25.4 Å². The van der Waals surface area contributed by atoms with Crippen molar-refractivity contribution in [3.63, 3.8) is 0 Å². The van der Waals surface area contributed by atoms with Gasteiger partial charge in [-0.05, 0) is 66.0 Å². The number of nitrogens with zero attached hydrogens (tertiary/aromatic N) is 7. The predicted molar refractivity (Wildman–Crippen MR) is 173 cm³/mol. The monoisotopic (exact) mass is 652 g/mol. The lowest BCUT2D eigenvalue weighted by atomic mass is 9.92. The van der Waals surface area contributed by atoms with Gasteiger partial charge < -0.3 is 34.0 Å². The number of carbonyl (C=O) groups excluding carboxylic acids is 2. The van der Waals surface area contributed by atoms with Crippen molar-refractivity contribution in [3.05, 3.63) is 58.9 Å². The molecule has 1 aromatic carbocycles. The summed E-state index contributed by atoms with van der Waals surface area (Å²) in [7, 11) is 1.60. The summed E-state index contributed by atoms with van der Waals surface area (Å²) in [4.78, 5) is 45.7. The fraction of sp³-hybridized carbons (Fsp3) is 0.576. The molecule has 5 rings (SSSR count). The highest BCUT2D eigenvalue weighted by Crippen LogP contribution is 2.32. The summed E-state index contributed by atoms with van der Waals surface area (Å²) in [6.07, 6.45) is 3.73. The molecule has 14 heteroatoms. The smallest absolute Gasteiger partial charge is 0.407 e. The van der Waals surface area contributed by atoms with Gasteiger partial charge in [0.1, 0.15) is 17.5 Å².